The molecule has 1 aliphatic rings. The quantitative estimate of drug-likeness (QED) is 0.457. The van der Waals surface area contributed by atoms with Crippen LogP contribution in [0.1, 0.15) is 48.0 Å². The van der Waals surface area contributed by atoms with Crippen molar-refractivity contribution < 1.29 is 13.9 Å². The number of allylic oxidation sites excluding steroid dienone is 1. The van der Waals surface area contributed by atoms with Crippen LogP contribution in [0.4, 0.5) is 4.39 Å². The molecule has 4 heteroatoms. The van der Waals surface area contributed by atoms with Gasteiger partial charge in [-0.05, 0) is 38.2 Å². The Kier molecular flexibility index (Phi) is 6.93. The fraction of sp³-hybridized carbons (Fsp3) is 0.875. The molecule has 0 radical (unpaired) electrons. The van der Waals surface area contributed by atoms with E-state index in [0.29, 0.717) is 5.92 Å². The minimum atomic E-state index is -0.612. The highest BCUT2D eigenvalue weighted by Gasteiger charge is 2.44. The van der Waals surface area contributed by atoms with Crippen LogP contribution in [0.5, 0.6) is 0 Å². The van der Waals surface area contributed by atoms with Crippen LogP contribution >= 0.6 is 22.6 Å². The molecule has 118 valence electrons. The lowest BCUT2D eigenvalue weighted by atomic mass is 9.92. The van der Waals surface area contributed by atoms with Gasteiger partial charge in [-0.2, -0.15) is 0 Å². The molecular weight excluding hydrogens is 370 g/mol. The van der Waals surface area contributed by atoms with E-state index in [2.05, 4.69) is 43.4 Å². The zero-order chi connectivity index (χ0) is 15.5. The van der Waals surface area contributed by atoms with Gasteiger partial charge < -0.3 is 9.47 Å². The first-order chi connectivity index (χ1) is 9.18. The molecule has 1 aliphatic heterocycles. The van der Waals surface area contributed by atoms with Crippen LogP contribution in [0.15, 0.2) is 11.9 Å². The third-order valence-electron chi connectivity index (χ3n) is 4.02. The zero-order valence-electron chi connectivity index (χ0n) is 13.5. The summed E-state index contributed by atoms with van der Waals surface area (Å²) < 4.78 is 27.3. The molecule has 4 atom stereocenters. The smallest absolute Gasteiger partial charge is 0.163 e. The maximum absolute atomic E-state index is 14.4. The van der Waals surface area contributed by atoms with E-state index >= 15 is 0 Å². The van der Waals surface area contributed by atoms with E-state index in [1.807, 2.05) is 20.8 Å². The van der Waals surface area contributed by atoms with E-state index in [4.69, 9.17) is 9.47 Å². The summed E-state index contributed by atoms with van der Waals surface area (Å²) in [5.74, 6) is -0.271. The van der Waals surface area contributed by atoms with Gasteiger partial charge in [0.25, 0.3) is 0 Å². The summed E-state index contributed by atoms with van der Waals surface area (Å²) in [7, 11) is 0. The molecule has 1 saturated heterocycles. The van der Waals surface area contributed by atoms with Gasteiger partial charge in [0.05, 0.1) is 12.2 Å². The predicted molar refractivity (Wildman–Crippen MR) is 89.7 cm³/mol. The summed E-state index contributed by atoms with van der Waals surface area (Å²) in [6.07, 6.45) is 2.41. The maximum Gasteiger partial charge on any atom is 0.163 e. The molecular formula is C16H28FIO2. The molecule has 0 aromatic rings. The lowest BCUT2D eigenvalue weighted by molar-refractivity contribution is -0.149. The standard InChI is InChI=1S/C16H28FIO2/c1-10(2)11(3)9-13(17)12(4)15-14(7-8-18)19-16(5,6)20-15/h9-12,14-15H,7-8H2,1-6H3/b13-9+/t11-,12?,14+,15-/m1/s1. The van der Waals surface area contributed by atoms with Crippen molar-refractivity contribution in [2.24, 2.45) is 17.8 Å². The van der Waals surface area contributed by atoms with Gasteiger partial charge in [0.2, 0.25) is 0 Å². The average Bonchev–Trinajstić information content (AvgIpc) is 2.63. The normalized spacial score (nSPS) is 29.8. The number of alkyl halides is 1. The fourth-order valence-electron chi connectivity index (χ4n) is 2.37. The monoisotopic (exact) mass is 398 g/mol. The lowest BCUT2D eigenvalue weighted by Gasteiger charge is -2.23. The van der Waals surface area contributed by atoms with Crippen LogP contribution in [0.3, 0.4) is 0 Å². The number of rotatable bonds is 6. The Morgan fingerprint density at radius 2 is 1.85 bits per heavy atom. The van der Waals surface area contributed by atoms with Crippen molar-refractivity contribution in [3.8, 4) is 0 Å². The second kappa shape index (κ2) is 7.54. The first-order valence-corrected chi connectivity index (χ1v) is 8.99. The van der Waals surface area contributed by atoms with Crippen molar-refractivity contribution in [1.29, 1.82) is 0 Å². The molecule has 0 bridgehead atoms. The Morgan fingerprint density at radius 3 is 2.35 bits per heavy atom. The van der Waals surface area contributed by atoms with E-state index in [1.54, 1.807) is 6.08 Å². The molecule has 1 unspecified atom stereocenters. The summed E-state index contributed by atoms with van der Waals surface area (Å²) in [6.45, 7) is 12.0. The minimum absolute atomic E-state index is 0.0228. The summed E-state index contributed by atoms with van der Waals surface area (Å²) in [5.41, 5.74) is 0. The van der Waals surface area contributed by atoms with E-state index in [-0.39, 0.29) is 29.9 Å². The third kappa shape index (κ3) is 4.95. The molecule has 1 heterocycles. The van der Waals surface area contributed by atoms with Crippen molar-refractivity contribution in [2.75, 3.05) is 4.43 Å². The van der Waals surface area contributed by atoms with Crippen molar-refractivity contribution in [3.05, 3.63) is 11.9 Å². The molecule has 1 rings (SSSR count). The zero-order valence-corrected chi connectivity index (χ0v) is 15.6. The van der Waals surface area contributed by atoms with E-state index < -0.39 is 5.79 Å². The second-order valence-electron chi connectivity index (χ2n) is 6.56. The molecule has 0 spiro atoms. The number of hydrogen-bond acceptors (Lipinski definition) is 2. The minimum Gasteiger partial charge on any atom is -0.345 e. The molecule has 0 aromatic heterocycles. The topological polar surface area (TPSA) is 18.5 Å². The largest absolute Gasteiger partial charge is 0.345 e. The first-order valence-electron chi connectivity index (χ1n) is 7.46. The Morgan fingerprint density at radius 1 is 1.25 bits per heavy atom. The van der Waals surface area contributed by atoms with Gasteiger partial charge in [0, 0.05) is 10.3 Å². The first kappa shape index (κ1) is 18.4. The van der Waals surface area contributed by atoms with Crippen LogP contribution in [-0.4, -0.2) is 22.4 Å². The van der Waals surface area contributed by atoms with E-state index in [0.717, 1.165) is 10.8 Å². The van der Waals surface area contributed by atoms with Crippen LogP contribution in [0.25, 0.3) is 0 Å². The summed E-state index contributed by atoms with van der Waals surface area (Å²) >= 11 is 2.32. The molecule has 0 aliphatic carbocycles. The lowest BCUT2D eigenvalue weighted by Crippen LogP contribution is -2.30. The molecule has 1 fully saturated rings. The SMILES string of the molecule is CC(C)[C@H](C)/C=C(/F)C(C)[C@H]1OC(C)(C)O[C@H]1CCI. The highest BCUT2D eigenvalue weighted by atomic mass is 127. The molecule has 0 saturated carbocycles. The van der Waals surface area contributed by atoms with E-state index in [9.17, 15) is 4.39 Å². The third-order valence-corrected chi connectivity index (χ3v) is 4.64. The molecule has 0 amide bonds. The van der Waals surface area contributed by atoms with Gasteiger partial charge in [-0.25, -0.2) is 4.39 Å². The average molecular weight is 398 g/mol. The van der Waals surface area contributed by atoms with Crippen molar-refractivity contribution in [2.45, 2.75) is 66.0 Å². The Hall–Kier alpha value is 0.320. The van der Waals surface area contributed by atoms with Gasteiger partial charge in [-0.15, -0.1) is 0 Å². The summed E-state index contributed by atoms with van der Waals surface area (Å²) in [4.78, 5) is 0. The van der Waals surface area contributed by atoms with Gasteiger partial charge in [-0.3, -0.25) is 0 Å². The van der Waals surface area contributed by atoms with Crippen LogP contribution in [-0.2, 0) is 9.47 Å². The highest BCUT2D eigenvalue weighted by molar-refractivity contribution is 14.1. The number of ether oxygens (including phenoxy) is 2. The Labute approximate surface area is 136 Å². The summed E-state index contributed by atoms with van der Waals surface area (Å²) in [5, 5.41) is 0. The van der Waals surface area contributed by atoms with Gasteiger partial charge >= 0.3 is 0 Å². The van der Waals surface area contributed by atoms with Crippen molar-refractivity contribution >= 4 is 22.6 Å². The Balaban J connectivity index is 2.80. The number of hydrogen-bond donors (Lipinski definition) is 0. The molecule has 0 aromatic carbocycles. The van der Waals surface area contributed by atoms with Gasteiger partial charge in [-0.1, -0.05) is 50.3 Å². The van der Waals surface area contributed by atoms with Crippen LogP contribution in [0.2, 0.25) is 0 Å². The molecule has 2 nitrogen and oxygen atoms in total. The second-order valence-corrected chi connectivity index (χ2v) is 7.64. The van der Waals surface area contributed by atoms with Gasteiger partial charge in [0.1, 0.15) is 5.83 Å². The molecule has 20 heavy (non-hydrogen) atoms. The summed E-state index contributed by atoms with van der Waals surface area (Å²) in [6, 6.07) is 0. The van der Waals surface area contributed by atoms with E-state index in [1.165, 1.54) is 0 Å². The predicted octanol–water partition coefficient (Wildman–Crippen LogP) is 5.11. The van der Waals surface area contributed by atoms with Crippen LogP contribution in [0, 0.1) is 17.8 Å². The van der Waals surface area contributed by atoms with Gasteiger partial charge in [0.15, 0.2) is 5.79 Å². The number of halogens is 2. The maximum atomic E-state index is 14.4. The molecule has 0 N–H and O–H groups in total. The van der Waals surface area contributed by atoms with Crippen molar-refractivity contribution in [1.82, 2.24) is 0 Å². The van der Waals surface area contributed by atoms with Crippen molar-refractivity contribution in [3.63, 3.8) is 0 Å². The fourth-order valence-corrected chi connectivity index (χ4v) is 2.98. The highest BCUT2D eigenvalue weighted by Crippen LogP contribution is 2.37. The van der Waals surface area contributed by atoms with Crippen LogP contribution < -0.4 is 0 Å². The Bertz CT molecular complexity index is 341.